The number of likely N-dealkylation sites (tertiary alicyclic amines) is 1. The third kappa shape index (κ3) is 4.94. The van der Waals surface area contributed by atoms with Crippen LogP contribution >= 0.6 is 11.3 Å². The van der Waals surface area contributed by atoms with Crippen LogP contribution in [0.15, 0.2) is 24.4 Å². The van der Waals surface area contributed by atoms with E-state index in [1.165, 1.54) is 10.7 Å². The number of aliphatic hydroxyl groups is 1. The average molecular weight is 523 g/mol. The van der Waals surface area contributed by atoms with Gasteiger partial charge in [0, 0.05) is 37.8 Å². The van der Waals surface area contributed by atoms with Crippen LogP contribution in [0.5, 0.6) is 0 Å². The maximum atomic E-state index is 13.1. The minimum atomic E-state index is -4.45. The van der Waals surface area contributed by atoms with E-state index in [0.29, 0.717) is 29.8 Å². The van der Waals surface area contributed by atoms with E-state index in [-0.39, 0.29) is 24.3 Å². The van der Waals surface area contributed by atoms with Crippen molar-refractivity contribution in [3.63, 3.8) is 0 Å². The molecule has 0 bridgehead atoms. The standard InChI is InChI=1S/C24H29F3N6O2S/c1-14-28-10-20(36-14)23(35)7-5-17(6-8-23)33-12-16(13-33)30-21(34)11-29-22-18-9-15(24(25,26)27)3-4-19(18)32(2)31-22/h3-4,9-10,16-17,35H,5-8,11-13H2,1-2H3,(H,29,31)(H,30,34)/t17-,23-. The first-order valence-electron chi connectivity index (χ1n) is 12.0. The van der Waals surface area contributed by atoms with Gasteiger partial charge < -0.3 is 15.7 Å². The second-order valence-corrected chi connectivity index (χ2v) is 11.0. The highest BCUT2D eigenvalue weighted by Gasteiger charge is 2.41. The Kier molecular flexibility index (Phi) is 6.46. The van der Waals surface area contributed by atoms with Gasteiger partial charge in [-0.15, -0.1) is 11.3 Å². The number of benzene rings is 1. The number of anilines is 1. The molecule has 8 nitrogen and oxygen atoms in total. The average Bonchev–Trinajstić information content (AvgIpc) is 3.38. The molecule has 36 heavy (non-hydrogen) atoms. The molecule has 5 rings (SSSR count). The first-order chi connectivity index (χ1) is 17.0. The van der Waals surface area contributed by atoms with Crippen molar-refractivity contribution in [3.8, 4) is 0 Å². The Labute approximate surface area is 210 Å². The maximum absolute atomic E-state index is 13.1. The number of alkyl halides is 3. The SMILES string of the molecule is Cc1ncc([C@]2(O)CC[C@H](N3CC(NC(=O)CNc4nn(C)c5ccc(C(F)(F)F)cc45)C3)CC2)s1. The second-order valence-electron chi connectivity index (χ2n) is 9.78. The highest BCUT2D eigenvalue weighted by atomic mass is 32.1. The maximum Gasteiger partial charge on any atom is 0.416 e. The molecular formula is C24H29F3N6O2S. The minimum absolute atomic E-state index is 0.0292. The Morgan fingerprint density at radius 1 is 1.28 bits per heavy atom. The molecule has 1 amide bonds. The number of aryl methyl sites for hydroxylation is 2. The number of nitrogens with one attached hydrogen (secondary N) is 2. The molecule has 0 radical (unpaired) electrons. The summed E-state index contributed by atoms with van der Waals surface area (Å²) in [5.41, 5.74) is -0.998. The van der Waals surface area contributed by atoms with Gasteiger partial charge in [-0.2, -0.15) is 18.3 Å². The number of carbonyl (C=O) groups excluding carboxylic acids is 1. The Hall–Kier alpha value is -2.70. The molecule has 1 aliphatic heterocycles. The fourth-order valence-corrected chi connectivity index (χ4v) is 6.11. The zero-order chi connectivity index (χ0) is 25.7. The van der Waals surface area contributed by atoms with E-state index in [9.17, 15) is 23.1 Å². The van der Waals surface area contributed by atoms with Crippen LogP contribution in [0.1, 0.15) is 41.1 Å². The molecule has 12 heteroatoms. The summed E-state index contributed by atoms with van der Waals surface area (Å²) in [7, 11) is 1.65. The van der Waals surface area contributed by atoms with Crippen molar-refractivity contribution >= 4 is 34.0 Å². The molecule has 2 fully saturated rings. The van der Waals surface area contributed by atoms with Crippen molar-refractivity contribution in [1.29, 1.82) is 0 Å². The van der Waals surface area contributed by atoms with Gasteiger partial charge >= 0.3 is 6.18 Å². The van der Waals surface area contributed by atoms with E-state index < -0.39 is 17.3 Å². The number of aromatic nitrogens is 3. The Bertz CT molecular complexity index is 1260. The van der Waals surface area contributed by atoms with Crippen molar-refractivity contribution in [1.82, 2.24) is 25.0 Å². The summed E-state index contributed by atoms with van der Waals surface area (Å²) in [4.78, 5) is 20.0. The summed E-state index contributed by atoms with van der Waals surface area (Å²) in [6.07, 6.45) is 0.513. The van der Waals surface area contributed by atoms with Crippen LogP contribution in [-0.2, 0) is 23.6 Å². The molecule has 1 aromatic carbocycles. The molecular weight excluding hydrogens is 493 g/mol. The van der Waals surface area contributed by atoms with Crippen LogP contribution < -0.4 is 10.6 Å². The smallest absolute Gasteiger partial charge is 0.384 e. The largest absolute Gasteiger partial charge is 0.416 e. The van der Waals surface area contributed by atoms with Gasteiger partial charge in [0.05, 0.1) is 33.6 Å². The summed E-state index contributed by atoms with van der Waals surface area (Å²) in [6.45, 7) is 3.35. The Balaban J connectivity index is 1.09. The van der Waals surface area contributed by atoms with E-state index in [1.54, 1.807) is 24.6 Å². The summed E-state index contributed by atoms with van der Waals surface area (Å²) < 4.78 is 40.8. The molecule has 1 saturated heterocycles. The van der Waals surface area contributed by atoms with Crippen molar-refractivity contribution in [3.05, 3.63) is 39.8 Å². The topological polar surface area (TPSA) is 95.3 Å². The lowest BCUT2D eigenvalue weighted by Gasteiger charge is -2.48. The van der Waals surface area contributed by atoms with Crippen LogP contribution in [-0.4, -0.2) is 62.4 Å². The van der Waals surface area contributed by atoms with Crippen molar-refractivity contribution in [2.75, 3.05) is 25.0 Å². The van der Waals surface area contributed by atoms with Gasteiger partial charge in [0.2, 0.25) is 5.91 Å². The van der Waals surface area contributed by atoms with E-state index in [1.807, 2.05) is 6.92 Å². The third-order valence-corrected chi connectivity index (χ3v) is 8.35. The third-order valence-electron chi connectivity index (χ3n) is 7.25. The van der Waals surface area contributed by atoms with Gasteiger partial charge in [0.25, 0.3) is 0 Å². The fraction of sp³-hybridized carbons (Fsp3) is 0.542. The van der Waals surface area contributed by atoms with Crippen LogP contribution in [0.2, 0.25) is 0 Å². The number of fused-ring (bicyclic) bond motifs is 1. The Morgan fingerprint density at radius 3 is 2.64 bits per heavy atom. The molecule has 1 saturated carbocycles. The van der Waals surface area contributed by atoms with Gasteiger partial charge in [0.1, 0.15) is 5.60 Å². The predicted molar refractivity (Wildman–Crippen MR) is 131 cm³/mol. The fourth-order valence-electron chi connectivity index (χ4n) is 5.19. The molecule has 0 spiro atoms. The summed E-state index contributed by atoms with van der Waals surface area (Å²) in [6, 6.07) is 3.86. The molecule has 0 atom stereocenters. The quantitative estimate of drug-likeness (QED) is 0.460. The van der Waals surface area contributed by atoms with Gasteiger partial charge in [-0.3, -0.25) is 14.4 Å². The number of amides is 1. The number of rotatable bonds is 6. The van der Waals surface area contributed by atoms with Gasteiger partial charge in [-0.05, 0) is 50.8 Å². The number of carbonyl (C=O) groups is 1. The molecule has 1 aliphatic carbocycles. The normalized spacial score (nSPS) is 23.6. The van der Waals surface area contributed by atoms with E-state index in [4.69, 9.17) is 0 Å². The monoisotopic (exact) mass is 522 g/mol. The number of hydrogen-bond donors (Lipinski definition) is 3. The van der Waals surface area contributed by atoms with E-state index in [2.05, 4.69) is 25.6 Å². The molecule has 3 N–H and O–H groups in total. The molecule has 0 unspecified atom stereocenters. The highest BCUT2D eigenvalue weighted by Crippen LogP contribution is 2.41. The second kappa shape index (κ2) is 9.31. The van der Waals surface area contributed by atoms with Gasteiger partial charge in [0.15, 0.2) is 5.82 Å². The number of thiazole rings is 1. The number of nitrogens with zero attached hydrogens (tertiary/aromatic N) is 4. The molecule has 3 heterocycles. The van der Waals surface area contributed by atoms with Crippen LogP contribution in [0.25, 0.3) is 10.9 Å². The first-order valence-corrected chi connectivity index (χ1v) is 12.8. The summed E-state index contributed by atoms with van der Waals surface area (Å²) in [5.74, 6) is 0.0128. The summed E-state index contributed by atoms with van der Waals surface area (Å²) >= 11 is 1.55. The lowest BCUT2D eigenvalue weighted by Crippen LogP contribution is -2.63. The Morgan fingerprint density at radius 2 is 2.00 bits per heavy atom. The molecule has 2 aliphatic rings. The lowest BCUT2D eigenvalue weighted by molar-refractivity contribution is -0.137. The summed E-state index contributed by atoms with van der Waals surface area (Å²) in [5, 5.41) is 22.4. The number of halogens is 3. The van der Waals surface area contributed by atoms with Crippen LogP contribution in [0.3, 0.4) is 0 Å². The number of hydrogen-bond acceptors (Lipinski definition) is 7. The van der Waals surface area contributed by atoms with Crippen LogP contribution in [0, 0.1) is 6.92 Å². The van der Waals surface area contributed by atoms with Crippen molar-refractivity contribution in [2.24, 2.45) is 7.05 Å². The van der Waals surface area contributed by atoms with E-state index >= 15 is 0 Å². The van der Waals surface area contributed by atoms with Gasteiger partial charge in [-0.25, -0.2) is 4.98 Å². The molecule has 2 aromatic heterocycles. The first kappa shape index (κ1) is 25.0. The van der Waals surface area contributed by atoms with E-state index in [0.717, 1.165) is 47.9 Å². The zero-order valence-electron chi connectivity index (χ0n) is 20.1. The highest BCUT2D eigenvalue weighted by molar-refractivity contribution is 7.11. The van der Waals surface area contributed by atoms with Crippen molar-refractivity contribution < 1.29 is 23.1 Å². The van der Waals surface area contributed by atoms with Gasteiger partial charge in [-0.1, -0.05) is 0 Å². The predicted octanol–water partition coefficient (Wildman–Crippen LogP) is 3.40. The lowest BCUT2D eigenvalue weighted by atomic mass is 9.80. The van der Waals surface area contributed by atoms with Crippen molar-refractivity contribution in [2.45, 2.75) is 56.5 Å². The van der Waals surface area contributed by atoms with Crippen LogP contribution in [0.4, 0.5) is 19.0 Å². The molecule has 194 valence electrons. The molecule has 3 aromatic rings. The zero-order valence-corrected chi connectivity index (χ0v) is 20.9. The minimum Gasteiger partial charge on any atom is -0.384 e.